The zero-order valence-electron chi connectivity index (χ0n) is 10.8. The zero-order valence-corrected chi connectivity index (χ0v) is 10.8. The number of pyridine rings is 1. The molecule has 1 fully saturated rings. The molecular formula is C14H22N2O. The third-order valence-electron chi connectivity index (χ3n) is 2.96. The lowest BCUT2D eigenvalue weighted by atomic mass is 10.2. The molecular weight excluding hydrogens is 212 g/mol. The highest BCUT2D eigenvalue weighted by molar-refractivity contribution is 5.29. The SMILES string of the molecule is CCCNCc1nc(C)ccc1OCC1CC1. The van der Waals surface area contributed by atoms with Gasteiger partial charge in [-0.3, -0.25) is 4.98 Å². The normalized spacial score (nSPS) is 14.9. The maximum atomic E-state index is 5.84. The predicted molar refractivity (Wildman–Crippen MR) is 69.2 cm³/mol. The molecule has 0 unspecified atom stereocenters. The molecule has 1 aromatic heterocycles. The van der Waals surface area contributed by atoms with E-state index in [2.05, 4.69) is 17.2 Å². The first-order chi connectivity index (χ1) is 8.29. The van der Waals surface area contributed by atoms with E-state index in [4.69, 9.17) is 4.74 Å². The van der Waals surface area contributed by atoms with Gasteiger partial charge in [0.25, 0.3) is 0 Å². The van der Waals surface area contributed by atoms with Crippen LogP contribution in [0.5, 0.6) is 5.75 Å². The number of ether oxygens (including phenoxy) is 1. The van der Waals surface area contributed by atoms with Crippen LogP contribution in [0.25, 0.3) is 0 Å². The number of nitrogens with one attached hydrogen (secondary N) is 1. The molecule has 94 valence electrons. The van der Waals surface area contributed by atoms with E-state index in [1.807, 2.05) is 19.1 Å². The van der Waals surface area contributed by atoms with Gasteiger partial charge in [0.2, 0.25) is 0 Å². The van der Waals surface area contributed by atoms with Crippen molar-refractivity contribution in [3.05, 3.63) is 23.5 Å². The van der Waals surface area contributed by atoms with Gasteiger partial charge in [0, 0.05) is 12.2 Å². The van der Waals surface area contributed by atoms with Gasteiger partial charge < -0.3 is 10.1 Å². The maximum Gasteiger partial charge on any atom is 0.142 e. The summed E-state index contributed by atoms with van der Waals surface area (Å²) in [4.78, 5) is 4.56. The Labute approximate surface area is 104 Å². The van der Waals surface area contributed by atoms with Crippen molar-refractivity contribution in [1.29, 1.82) is 0 Å². The fourth-order valence-corrected chi connectivity index (χ4v) is 1.73. The molecule has 1 saturated carbocycles. The highest BCUT2D eigenvalue weighted by atomic mass is 16.5. The largest absolute Gasteiger partial charge is 0.491 e. The molecule has 0 aromatic carbocycles. The molecule has 1 aliphatic carbocycles. The molecule has 0 radical (unpaired) electrons. The van der Waals surface area contributed by atoms with Crippen molar-refractivity contribution < 1.29 is 4.74 Å². The number of hydrogen-bond donors (Lipinski definition) is 1. The first-order valence-corrected chi connectivity index (χ1v) is 6.59. The minimum absolute atomic E-state index is 0.785. The van der Waals surface area contributed by atoms with E-state index in [9.17, 15) is 0 Å². The zero-order chi connectivity index (χ0) is 12.1. The van der Waals surface area contributed by atoms with Gasteiger partial charge in [0.15, 0.2) is 0 Å². The molecule has 1 heterocycles. The summed E-state index contributed by atoms with van der Waals surface area (Å²) in [6, 6.07) is 4.07. The summed E-state index contributed by atoms with van der Waals surface area (Å²) < 4.78 is 5.84. The lowest BCUT2D eigenvalue weighted by Crippen LogP contribution is -2.16. The summed E-state index contributed by atoms with van der Waals surface area (Å²) in [6.07, 6.45) is 3.79. The van der Waals surface area contributed by atoms with E-state index in [0.29, 0.717) is 0 Å². The van der Waals surface area contributed by atoms with Crippen molar-refractivity contribution in [1.82, 2.24) is 10.3 Å². The van der Waals surface area contributed by atoms with Gasteiger partial charge in [-0.05, 0) is 50.8 Å². The quantitative estimate of drug-likeness (QED) is 0.736. The Bertz CT molecular complexity index is 361. The van der Waals surface area contributed by atoms with E-state index in [0.717, 1.165) is 49.2 Å². The molecule has 17 heavy (non-hydrogen) atoms. The minimum atomic E-state index is 0.785. The Hall–Kier alpha value is -1.09. The fraction of sp³-hybridized carbons (Fsp3) is 0.643. The molecule has 0 amide bonds. The third kappa shape index (κ3) is 4.00. The second kappa shape index (κ2) is 6.01. The summed E-state index contributed by atoms with van der Waals surface area (Å²) in [6.45, 7) is 6.87. The van der Waals surface area contributed by atoms with E-state index in [-0.39, 0.29) is 0 Å². The first-order valence-electron chi connectivity index (χ1n) is 6.59. The maximum absolute atomic E-state index is 5.84. The van der Waals surface area contributed by atoms with E-state index >= 15 is 0 Å². The summed E-state index contributed by atoms with van der Waals surface area (Å²) >= 11 is 0. The third-order valence-corrected chi connectivity index (χ3v) is 2.96. The van der Waals surface area contributed by atoms with Gasteiger partial charge in [-0.2, -0.15) is 0 Å². The topological polar surface area (TPSA) is 34.2 Å². The molecule has 0 saturated heterocycles. The second-order valence-corrected chi connectivity index (χ2v) is 4.83. The smallest absolute Gasteiger partial charge is 0.142 e. The van der Waals surface area contributed by atoms with Crippen LogP contribution < -0.4 is 10.1 Å². The van der Waals surface area contributed by atoms with Crippen LogP contribution in [-0.4, -0.2) is 18.1 Å². The van der Waals surface area contributed by atoms with Gasteiger partial charge in [-0.15, -0.1) is 0 Å². The van der Waals surface area contributed by atoms with Gasteiger partial charge in [-0.25, -0.2) is 0 Å². The molecule has 2 rings (SSSR count). The average molecular weight is 234 g/mol. The van der Waals surface area contributed by atoms with Crippen LogP contribution in [0.1, 0.15) is 37.6 Å². The summed E-state index contributed by atoms with van der Waals surface area (Å²) in [5.74, 6) is 1.74. The fourth-order valence-electron chi connectivity index (χ4n) is 1.73. The standard InChI is InChI=1S/C14H22N2O/c1-3-8-15-9-13-14(7-4-11(2)16-13)17-10-12-5-6-12/h4,7,12,15H,3,5-6,8-10H2,1-2H3. The second-order valence-electron chi connectivity index (χ2n) is 4.83. The van der Waals surface area contributed by atoms with Crippen molar-refractivity contribution in [2.75, 3.05) is 13.2 Å². The van der Waals surface area contributed by atoms with Crippen molar-refractivity contribution in [3.8, 4) is 5.75 Å². The minimum Gasteiger partial charge on any atom is -0.491 e. The van der Waals surface area contributed by atoms with Crippen molar-refractivity contribution >= 4 is 0 Å². The Balaban J connectivity index is 1.95. The molecule has 0 spiro atoms. The highest BCUT2D eigenvalue weighted by Gasteiger charge is 2.22. The number of aryl methyl sites for hydroxylation is 1. The summed E-state index contributed by atoms with van der Waals surface area (Å²) in [5.41, 5.74) is 2.09. The molecule has 3 nitrogen and oxygen atoms in total. The van der Waals surface area contributed by atoms with E-state index in [1.165, 1.54) is 12.8 Å². The highest BCUT2D eigenvalue weighted by Crippen LogP contribution is 2.30. The van der Waals surface area contributed by atoms with Crippen molar-refractivity contribution in [2.24, 2.45) is 5.92 Å². The molecule has 0 bridgehead atoms. The van der Waals surface area contributed by atoms with Gasteiger partial charge in [0.1, 0.15) is 5.75 Å². The Morgan fingerprint density at radius 1 is 1.41 bits per heavy atom. The van der Waals surface area contributed by atoms with Crippen molar-refractivity contribution in [2.45, 2.75) is 39.7 Å². The summed E-state index contributed by atoms with van der Waals surface area (Å²) in [5, 5.41) is 3.38. The van der Waals surface area contributed by atoms with Gasteiger partial charge >= 0.3 is 0 Å². The van der Waals surface area contributed by atoms with Crippen LogP contribution >= 0.6 is 0 Å². The monoisotopic (exact) mass is 234 g/mol. The Morgan fingerprint density at radius 2 is 2.24 bits per heavy atom. The average Bonchev–Trinajstić information content (AvgIpc) is 3.12. The van der Waals surface area contributed by atoms with Crippen LogP contribution in [0.2, 0.25) is 0 Å². The van der Waals surface area contributed by atoms with Crippen LogP contribution in [0, 0.1) is 12.8 Å². The molecule has 1 N–H and O–H groups in total. The van der Waals surface area contributed by atoms with Gasteiger partial charge in [-0.1, -0.05) is 6.92 Å². The van der Waals surface area contributed by atoms with Crippen LogP contribution in [0.4, 0.5) is 0 Å². The number of nitrogens with zero attached hydrogens (tertiary/aromatic N) is 1. The van der Waals surface area contributed by atoms with Crippen LogP contribution in [0.3, 0.4) is 0 Å². The molecule has 0 atom stereocenters. The summed E-state index contributed by atoms with van der Waals surface area (Å²) in [7, 11) is 0. The van der Waals surface area contributed by atoms with E-state index in [1.54, 1.807) is 0 Å². The van der Waals surface area contributed by atoms with Gasteiger partial charge in [0.05, 0.1) is 12.3 Å². The Morgan fingerprint density at radius 3 is 2.94 bits per heavy atom. The predicted octanol–water partition coefficient (Wildman–Crippen LogP) is 2.68. The number of hydrogen-bond acceptors (Lipinski definition) is 3. The van der Waals surface area contributed by atoms with E-state index < -0.39 is 0 Å². The van der Waals surface area contributed by atoms with Crippen LogP contribution in [-0.2, 0) is 6.54 Å². The molecule has 1 aromatic rings. The number of rotatable bonds is 7. The lowest BCUT2D eigenvalue weighted by Gasteiger charge is -2.11. The molecule has 0 aliphatic heterocycles. The molecule has 3 heteroatoms. The Kier molecular flexibility index (Phi) is 4.37. The van der Waals surface area contributed by atoms with Crippen molar-refractivity contribution in [3.63, 3.8) is 0 Å². The van der Waals surface area contributed by atoms with Crippen LogP contribution in [0.15, 0.2) is 12.1 Å². The first kappa shape index (κ1) is 12.4. The number of aromatic nitrogens is 1. The lowest BCUT2D eigenvalue weighted by molar-refractivity contribution is 0.294. The molecule has 1 aliphatic rings.